The molecule has 1 aromatic carbocycles. The molecule has 1 N–H and O–H groups in total. The van der Waals surface area contributed by atoms with Gasteiger partial charge in [-0.25, -0.2) is 4.39 Å². The lowest BCUT2D eigenvalue weighted by Crippen LogP contribution is -2.48. The Kier molecular flexibility index (Phi) is 3.53. The predicted molar refractivity (Wildman–Crippen MR) is 72.5 cm³/mol. The molecule has 1 saturated heterocycles. The standard InChI is InChI=1S/C15H18FNO3/c16-13-3-1-2-4-14(13)17-7-5-12(6-8-17)15(11-18)19-9-10-20-15/h1-4,9-10,12,18H,5-8,11H2. The van der Waals surface area contributed by atoms with Crippen molar-refractivity contribution < 1.29 is 19.0 Å². The van der Waals surface area contributed by atoms with Gasteiger partial charge in [0.05, 0.1) is 5.69 Å². The summed E-state index contributed by atoms with van der Waals surface area (Å²) < 4.78 is 24.7. The van der Waals surface area contributed by atoms with Gasteiger partial charge in [-0.05, 0) is 25.0 Å². The summed E-state index contributed by atoms with van der Waals surface area (Å²) in [6, 6.07) is 6.80. The van der Waals surface area contributed by atoms with Gasteiger partial charge >= 0.3 is 0 Å². The Hall–Kier alpha value is -1.75. The maximum absolute atomic E-state index is 13.8. The van der Waals surface area contributed by atoms with E-state index in [2.05, 4.69) is 0 Å². The van der Waals surface area contributed by atoms with Gasteiger partial charge in [0.2, 0.25) is 0 Å². The zero-order chi connectivity index (χ0) is 14.0. The molecule has 0 bridgehead atoms. The number of rotatable bonds is 3. The van der Waals surface area contributed by atoms with E-state index < -0.39 is 5.79 Å². The Morgan fingerprint density at radius 2 is 1.85 bits per heavy atom. The van der Waals surface area contributed by atoms with Gasteiger partial charge in [-0.15, -0.1) is 0 Å². The highest BCUT2D eigenvalue weighted by atomic mass is 19.1. The third-order valence-corrected chi connectivity index (χ3v) is 4.12. The number of hydrogen-bond acceptors (Lipinski definition) is 4. The van der Waals surface area contributed by atoms with Crippen LogP contribution in [0.2, 0.25) is 0 Å². The lowest BCUT2D eigenvalue weighted by atomic mass is 9.88. The number of piperidine rings is 1. The van der Waals surface area contributed by atoms with Crippen molar-refractivity contribution in [2.45, 2.75) is 18.6 Å². The maximum Gasteiger partial charge on any atom is 0.275 e. The van der Waals surface area contributed by atoms with Crippen molar-refractivity contribution in [1.82, 2.24) is 0 Å². The Balaban J connectivity index is 1.67. The Labute approximate surface area is 117 Å². The minimum atomic E-state index is -0.943. The lowest BCUT2D eigenvalue weighted by Gasteiger charge is -2.40. The molecule has 0 atom stereocenters. The van der Waals surface area contributed by atoms with Gasteiger partial charge < -0.3 is 19.5 Å². The molecule has 1 aromatic rings. The molecule has 0 aliphatic carbocycles. The highest BCUT2D eigenvalue weighted by molar-refractivity contribution is 5.47. The topological polar surface area (TPSA) is 41.9 Å². The third kappa shape index (κ3) is 2.22. The molecule has 0 amide bonds. The summed E-state index contributed by atoms with van der Waals surface area (Å²) in [6.07, 6.45) is 4.52. The maximum atomic E-state index is 13.8. The molecule has 5 heteroatoms. The van der Waals surface area contributed by atoms with E-state index in [4.69, 9.17) is 9.47 Å². The number of ether oxygens (including phenoxy) is 2. The first-order chi connectivity index (χ1) is 9.75. The Morgan fingerprint density at radius 3 is 2.45 bits per heavy atom. The van der Waals surface area contributed by atoms with E-state index in [1.54, 1.807) is 12.1 Å². The molecule has 1 fully saturated rings. The highest BCUT2D eigenvalue weighted by Crippen LogP contribution is 2.36. The van der Waals surface area contributed by atoms with Crippen molar-refractivity contribution in [3.05, 3.63) is 42.6 Å². The molecule has 0 aromatic heterocycles. The molecular formula is C15H18FNO3. The third-order valence-electron chi connectivity index (χ3n) is 4.12. The Bertz CT molecular complexity index is 490. The predicted octanol–water partition coefficient (Wildman–Crippen LogP) is 2.25. The fraction of sp³-hybridized carbons (Fsp3) is 0.467. The van der Waals surface area contributed by atoms with Gasteiger partial charge in [0.15, 0.2) is 0 Å². The van der Waals surface area contributed by atoms with Gasteiger partial charge in [-0.3, -0.25) is 0 Å². The number of halogens is 1. The molecule has 4 nitrogen and oxygen atoms in total. The minimum Gasteiger partial charge on any atom is -0.454 e. The first-order valence-corrected chi connectivity index (χ1v) is 6.86. The van der Waals surface area contributed by atoms with Crippen molar-refractivity contribution in [3.8, 4) is 0 Å². The first-order valence-electron chi connectivity index (χ1n) is 6.86. The molecule has 0 spiro atoms. The molecule has 2 aliphatic rings. The molecule has 2 heterocycles. The van der Waals surface area contributed by atoms with Crippen molar-refractivity contribution in [2.24, 2.45) is 5.92 Å². The lowest BCUT2D eigenvalue weighted by molar-refractivity contribution is -0.208. The van der Waals surface area contributed by atoms with E-state index in [0.29, 0.717) is 5.69 Å². The average Bonchev–Trinajstić information content (AvgIpc) is 2.98. The zero-order valence-corrected chi connectivity index (χ0v) is 11.2. The molecule has 2 aliphatic heterocycles. The van der Waals surface area contributed by atoms with E-state index in [-0.39, 0.29) is 18.3 Å². The SMILES string of the molecule is OCC1(C2CCN(c3ccccc3F)CC2)OC=CO1. The summed E-state index contributed by atoms with van der Waals surface area (Å²) in [5.74, 6) is -1.04. The quantitative estimate of drug-likeness (QED) is 0.921. The number of para-hydroxylation sites is 1. The van der Waals surface area contributed by atoms with E-state index in [0.717, 1.165) is 25.9 Å². The van der Waals surface area contributed by atoms with E-state index in [1.165, 1.54) is 18.6 Å². The van der Waals surface area contributed by atoms with E-state index in [1.807, 2.05) is 11.0 Å². The second-order valence-electron chi connectivity index (χ2n) is 5.19. The number of anilines is 1. The van der Waals surface area contributed by atoms with Gasteiger partial charge in [-0.2, -0.15) is 0 Å². The van der Waals surface area contributed by atoms with Gasteiger partial charge in [-0.1, -0.05) is 12.1 Å². The average molecular weight is 279 g/mol. The molecule has 108 valence electrons. The Morgan fingerprint density at radius 1 is 1.20 bits per heavy atom. The second-order valence-corrected chi connectivity index (χ2v) is 5.19. The van der Waals surface area contributed by atoms with E-state index in [9.17, 15) is 9.50 Å². The van der Waals surface area contributed by atoms with Crippen molar-refractivity contribution in [2.75, 3.05) is 24.6 Å². The van der Waals surface area contributed by atoms with Crippen LogP contribution >= 0.6 is 0 Å². The largest absolute Gasteiger partial charge is 0.454 e. The number of aliphatic hydroxyl groups is 1. The first kappa shape index (κ1) is 13.2. The molecule has 3 rings (SSSR count). The number of nitrogens with zero attached hydrogens (tertiary/aromatic N) is 1. The van der Waals surface area contributed by atoms with Crippen LogP contribution < -0.4 is 4.90 Å². The van der Waals surface area contributed by atoms with Crippen LogP contribution in [0.3, 0.4) is 0 Å². The van der Waals surface area contributed by atoms with Gasteiger partial charge in [0, 0.05) is 19.0 Å². The van der Waals surface area contributed by atoms with Crippen molar-refractivity contribution in [3.63, 3.8) is 0 Å². The van der Waals surface area contributed by atoms with Crippen LogP contribution in [-0.2, 0) is 9.47 Å². The van der Waals surface area contributed by atoms with Crippen molar-refractivity contribution in [1.29, 1.82) is 0 Å². The van der Waals surface area contributed by atoms with Crippen molar-refractivity contribution >= 4 is 5.69 Å². The second kappa shape index (κ2) is 5.32. The molecular weight excluding hydrogens is 261 g/mol. The molecule has 0 radical (unpaired) electrons. The van der Waals surface area contributed by atoms with Crippen LogP contribution in [0, 0.1) is 11.7 Å². The van der Waals surface area contributed by atoms with Crippen LogP contribution in [0.4, 0.5) is 10.1 Å². The molecule has 20 heavy (non-hydrogen) atoms. The molecule has 0 unspecified atom stereocenters. The highest BCUT2D eigenvalue weighted by Gasteiger charge is 2.45. The summed E-state index contributed by atoms with van der Waals surface area (Å²) in [4.78, 5) is 2.03. The normalized spacial score (nSPS) is 21.6. The minimum absolute atomic E-state index is 0.102. The zero-order valence-electron chi connectivity index (χ0n) is 11.2. The van der Waals surface area contributed by atoms with Gasteiger partial charge in [0.1, 0.15) is 24.9 Å². The smallest absolute Gasteiger partial charge is 0.275 e. The van der Waals surface area contributed by atoms with Crippen LogP contribution in [0.25, 0.3) is 0 Å². The fourth-order valence-electron chi connectivity index (χ4n) is 2.98. The summed E-state index contributed by atoms with van der Waals surface area (Å²) in [5, 5.41) is 9.53. The van der Waals surface area contributed by atoms with Crippen LogP contribution in [0.1, 0.15) is 12.8 Å². The van der Waals surface area contributed by atoms with Crippen LogP contribution in [0.5, 0.6) is 0 Å². The number of hydrogen-bond donors (Lipinski definition) is 1. The summed E-state index contributed by atoms with van der Waals surface area (Å²) >= 11 is 0. The van der Waals surface area contributed by atoms with Crippen LogP contribution in [-0.4, -0.2) is 30.6 Å². The van der Waals surface area contributed by atoms with Crippen LogP contribution in [0.15, 0.2) is 36.8 Å². The summed E-state index contributed by atoms with van der Waals surface area (Å²) in [6.45, 7) is 1.27. The van der Waals surface area contributed by atoms with Gasteiger partial charge in [0.25, 0.3) is 5.79 Å². The number of benzene rings is 1. The summed E-state index contributed by atoms with van der Waals surface area (Å²) in [5.41, 5.74) is 0.635. The number of aliphatic hydroxyl groups excluding tert-OH is 1. The summed E-state index contributed by atoms with van der Waals surface area (Å²) in [7, 11) is 0. The monoisotopic (exact) mass is 279 g/mol. The molecule has 0 saturated carbocycles. The fourth-order valence-corrected chi connectivity index (χ4v) is 2.98. The van der Waals surface area contributed by atoms with E-state index >= 15 is 0 Å².